The van der Waals surface area contributed by atoms with Crippen LogP contribution in [0.2, 0.25) is 0 Å². The van der Waals surface area contributed by atoms with E-state index >= 15 is 0 Å². The fraction of sp³-hybridized carbons (Fsp3) is 0.588. The van der Waals surface area contributed by atoms with Crippen LogP contribution < -0.4 is 10.1 Å². The Bertz CT molecular complexity index is 472. The first-order chi connectivity index (χ1) is 9.83. The number of esters is 1. The predicted octanol–water partition coefficient (Wildman–Crippen LogP) is 2.87. The molecule has 0 bridgehead atoms. The molecule has 1 aromatic carbocycles. The number of rotatable bonds is 5. The first-order valence-electron chi connectivity index (χ1n) is 7.52. The van der Waals surface area contributed by atoms with Gasteiger partial charge in [0, 0.05) is 13.1 Å². The Morgan fingerprint density at radius 1 is 1.29 bits per heavy atom. The van der Waals surface area contributed by atoms with Crippen molar-refractivity contribution >= 4 is 5.97 Å². The van der Waals surface area contributed by atoms with E-state index in [1.165, 1.54) is 0 Å². The van der Waals surface area contributed by atoms with E-state index in [0.29, 0.717) is 6.42 Å². The van der Waals surface area contributed by atoms with Crippen LogP contribution in [0.5, 0.6) is 5.75 Å². The number of nitrogens with one attached hydrogen (secondary N) is 1. The second-order valence-electron chi connectivity index (χ2n) is 6.66. The monoisotopic (exact) mass is 291 g/mol. The van der Waals surface area contributed by atoms with Crippen LogP contribution in [0.25, 0.3) is 0 Å². The van der Waals surface area contributed by atoms with Crippen molar-refractivity contribution in [1.82, 2.24) is 5.32 Å². The van der Waals surface area contributed by atoms with Crippen molar-refractivity contribution in [3.05, 3.63) is 29.8 Å². The maximum atomic E-state index is 11.8. The number of carbonyl (C=O) groups excluding carboxylic acids is 1. The van der Waals surface area contributed by atoms with Crippen molar-refractivity contribution in [2.24, 2.45) is 0 Å². The number of benzene rings is 1. The predicted molar refractivity (Wildman–Crippen MR) is 82.6 cm³/mol. The van der Waals surface area contributed by atoms with Gasteiger partial charge in [0.25, 0.3) is 0 Å². The first-order valence-corrected chi connectivity index (χ1v) is 7.52. The van der Waals surface area contributed by atoms with E-state index in [1.807, 2.05) is 52.0 Å². The Balaban J connectivity index is 1.86. The molecule has 1 aromatic rings. The molecule has 1 N–H and O–H groups in total. The van der Waals surface area contributed by atoms with Gasteiger partial charge in [-0.2, -0.15) is 0 Å². The first kappa shape index (κ1) is 15.8. The molecule has 1 fully saturated rings. The highest BCUT2D eigenvalue weighted by molar-refractivity contribution is 5.71. The smallest absolute Gasteiger partial charge is 0.306 e. The Morgan fingerprint density at radius 2 is 1.90 bits per heavy atom. The lowest BCUT2D eigenvalue weighted by Gasteiger charge is -2.28. The van der Waals surface area contributed by atoms with E-state index in [0.717, 1.165) is 24.4 Å². The van der Waals surface area contributed by atoms with Crippen molar-refractivity contribution in [2.45, 2.75) is 51.7 Å². The Morgan fingerprint density at radius 3 is 2.38 bits per heavy atom. The van der Waals surface area contributed by atoms with Gasteiger partial charge in [-0.15, -0.1) is 0 Å². The van der Waals surface area contributed by atoms with Crippen molar-refractivity contribution in [3.63, 3.8) is 0 Å². The number of ether oxygens (including phenoxy) is 2. The van der Waals surface area contributed by atoms with Crippen LogP contribution in [0.15, 0.2) is 24.3 Å². The van der Waals surface area contributed by atoms with Crippen LogP contribution in [0.4, 0.5) is 0 Å². The molecular formula is C17H25NO3. The molecule has 0 amide bonds. The second kappa shape index (κ2) is 6.48. The third-order valence-electron chi connectivity index (χ3n) is 3.39. The van der Waals surface area contributed by atoms with E-state index in [2.05, 4.69) is 5.32 Å². The highest BCUT2D eigenvalue weighted by Gasteiger charge is 2.20. The van der Waals surface area contributed by atoms with Gasteiger partial charge in [-0.25, -0.2) is 0 Å². The fourth-order valence-electron chi connectivity index (χ4n) is 2.16. The SMILES string of the molecule is C[C@H](CC(=O)OC(C)(C)C)c1ccc(OC2CNC2)cc1. The lowest BCUT2D eigenvalue weighted by atomic mass is 9.98. The molecule has 21 heavy (non-hydrogen) atoms. The molecule has 0 saturated carbocycles. The van der Waals surface area contributed by atoms with Gasteiger partial charge < -0.3 is 14.8 Å². The van der Waals surface area contributed by atoms with E-state index < -0.39 is 5.60 Å². The van der Waals surface area contributed by atoms with Crippen LogP contribution >= 0.6 is 0 Å². The quantitative estimate of drug-likeness (QED) is 0.847. The minimum atomic E-state index is -0.425. The van der Waals surface area contributed by atoms with Gasteiger partial charge in [-0.05, 0) is 44.4 Å². The molecule has 1 saturated heterocycles. The molecule has 0 radical (unpaired) electrons. The van der Waals surface area contributed by atoms with Crippen molar-refractivity contribution in [3.8, 4) is 5.75 Å². The van der Waals surface area contributed by atoms with Crippen LogP contribution in [-0.2, 0) is 9.53 Å². The molecule has 1 atom stereocenters. The molecule has 1 aliphatic heterocycles. The molecule has 0 aromatic heterocycles. The van der Waals surface area contributed by atoms with Gasteiger partial charge in [0.15, 0.2) is 0 Å². The molecule has 0 unspecified atom stereocenters. The normalized spacial score (nSPS) is 17.0. The summed E-state index contributed by atoms with van der Waals surface area (Å²) >= 11 is 0. The summed E-state index contributed by atoms with van der Waals surface area (Å²) in [5, 5.41) is 3.17. The highest BCUT2D eigenvalue weighted by Crippen LogP contribution is 2.24. The van der Waals surface area contributed by atoms with Gasteiger partial charge in [0.05, 0.1) is 6.42 Å². The topological polar surface area (TPSA) is 47.6 Å². The summed E-state index contributed by atoms with van der Waals surface area (Å²) in [6.45, 7) is 9.52. The largest absolute Gasteiger partial charge is 0.488 e. The van der Waals surface area contributed by atoms with Crippen LogP contribution in [0, 0.1) is 0 Å². The van der Waals surface area contributed by atoms with Gasteiger partial charge in [0.1, 0.15) is 17.5 Å². The highest BCUT2D eigenvalue weighted by atomic mass is 16.6. The van der Waals surface area contributed by atoms with Crippen molar-refractivity contribution in [1.29, 1.82) is 0 Å². The summed E-state index contributed by atoms with van der Waals surface area (Å²) in [5.74, 6) is 0.866. The summed E-state index contributed by atoms with van der Waals surface area (Å²) in [6.07, 6.45) is 0.680. The lowest BCUT2D eigenvalue weighted by Crippen LogP contribution is -2.50. The zero-order valence-electron chi connectivity index (χ0n) is 13.3. The molecule has 1 aliphatic rings. The molecule has 116 valence electrons. The summed E-state index contributed by atoms with van der Waals surface area (Å²) in [6, 6.07) is 7.99. The summed E-state index contributed by atoms with van der Waals surface area (Å²) in [7, 11) is 0. The zero-order valence-corrected chi connectivity index (χ0v) is 13.3. The third kappa shape index (κ3) is 5.05. The van der Waals surface area contributed by atoms with E-state index in [9.17, 15) is 4.79 Å². The van der Waals surface area contributed by atoms with Gasteiger partial charge in [-0.1, -0.05) is 19.1 Å². The Kier molecular flexibility index (Phi) is 4.88. The van der Waals surface area contributed by atoms with Crippen molar-refractivity contribution < 1.29 is 14.3 Å². The zero-order chi connectivity index (χ0) is 15.5. The summed E-state index contributed by atoms with van der Waals surface area (Å²) in [5.41, 5.74) is 0.700. The minimum absolute atomic E-state index is 0.138. The average Bonchev–Trinajstić information content (AvgIpc) is 2.32. The van der Waals surface area contributed by atoms with E-state index in [-0.39, 0.29) is 18.0 Å². The fourth-order valence-corrected chi connectivity index (χ4v) is 2.16. The minimum Gasteiger partial charge on any atom is -0.488 e. The Hall–Kier alpha value is -1.55. The maximum Gasteiger partial charge on any atom is 0.306 e. The molecule has 4 nitrogen and oxygen atoms in total. The van der Waals surface area contributed by atoms with Crippen LogP contribution in [0.1, 0.15) is 45.6 Å². The molecule has 0 aliphatic carbocycles. The van der Waals surface area contributed by atoms with Gasteiger partial charge in [0.2, 0.25) is 0 Å². The third-order valence-corrected chi connectivity index (χ3v) is 3.39. The lowest BCUT2D eigenvalue weighted by molar-refractivity contribution is -0.155. The summed E-state index contributed by atoms with van der Waals surface area (Å²) in [4.78, 5) is 11.8. The number of hydrogen-bond acceptors (Lipinski definition) is 4. The number of hydrogen-bond donors (Lipinski definition) is 1. The Labute approximate surface area is 126 Å². The molecule has 0 spiro atoms. The molecular weight excluding hydrogens is 266 g/mol. The molecule has 2 rings (SSSR count). The standard InChI is InChI=1S/C17H25NO3/c1-12(9-16(19)21-17(2,3)4)13-5-7-14(8-6-13)20-15-10-18-11-15/h5-8,12,15,18H,9-11H2,1-4H3/t12-/m1/s1. The number of carbonyl (C=O) groups is 1. The molecule has 1 heterocycles. The van der Waals surface area contributed by atoms with Crippen LogP contribution in [-0.4, -0.2) is 30.8 Å². The van der Waals surface area contributed by atoms with E-state index in [1.54, 1.807) is 0 Å². The van der Waals surface area contributed by atoms with E-state index in [4.69, 9.17) is 9.47 Å². The van der Waals surface area contributed by atoms with Gasteiger partial charge in [-0.3, -0.25) is 4.79 Å². The second-order valence-corrected chi connectivity index (χ2v) is 6.66. The summed E-state index contributed by atoms with van der Waals surface area (Å²) < 4.78 is 11.1. The van der Waals surface area contributed by atoms with Gasteiger partial charge >= 0.3 is 5.97 Å². The maximum absolute atomic E-state index is 11.8. The van der Waals surface area contributed by atoms with Crippen LogP contribution in [0.3, 0.4) is 0 Å². The average molecular weight is 291 g/mol. The van der Waals surface area contributed by atoms with Crippen molar-refractivity contribution in [2.75, 3.05) is 13.1 Å². The molecule has 4 heteroatoms.